The number of hydrogen-bond donors (Lipinski definition) is 3. The third-order valence-corrected chi connectivity index (χ3v) is 8.72. The minimum absolute atomic E-state index is 0. The van der Waals surface area contributed by atoms with Crippen LogP contribution in [0.4, 0.5) is 11.4 Å². The van der Waals surface area contributed by atoms with Crippen molar-refractivity contribution in [1.82, 2.24) is 15.2 Å². The van der Waals surface area contributed by atoms with E-state index in [1.807, 2.05) is 30.3 Å². The number of aromatic nitrogens is 1. The number of piperazine rings is 1. The minimum atomic E-state index is -0.167. The van der Waals surface area contributed by atoms with Crippen LogP contribution < -0.4 is 16.0 Å². The summed E-state index contributed by atoms with van der Waals surface area (Å²) in [4.78, 5) is 22.9. The van der Waals surface area contributed by atoms with E-state index >= 15 is 0 Å². The first kappa shape index (κ1) is 26.5. The molecule has 40 heavy (non-hydrogen) atoms. The number of carbonyl (C=O) groups excluding carboxylic acids is 1. The number of ether oxygens (including phenoxy) is 1. The number of nitrogens with one attached hydrogen (secondary N) is 2. The van der Waals surface area contributed by atoms with Gasteiger partial charge in [0.15, 0.2) is 0 Å². The number of hydrogen-bond acceptors (Lipinski definition) is 7. The van der Waals surface area contributed by atoms with E-state index in [9.17, 15) is 4.79 Å². The molecule has 2 aliphatic heterocycles. The second-order valence-corrected chi connectivity index (χ2v) is 11.2. The van der Waals surface area contributed by atoms with Crippen LogP contribution in [-0.4, -0.2) is 66.9 Å². The van der Waals surface area contributed by atoms with Crippen molar-refractivity contribution in [2.45, 2.75) is 37.8 Å². The summed E-state index contributed by atoms with van der Waals surface area (Å²) < 4.78 is 5.35. The predicted molar refractivity (Wildman–Crippen MR) is 162 cm³/mol. The van der Waals surface area contributed by atoms with Crippen LogP contribution in [-0.2, 0) is 4.74 Å². The summed E-state index contributed by atoms with van der Waals surface area (Å²) in [5.41, 5.74) is 11.0. The number of pyridine rings is 1. The summed E-state index contributed by atoms with van der Waals surface area (Å²) >= 11 is 0. The van der Waals surface area contributed by atoms with Crippen molar-refractivity contribution in [2.24, 2.45) is 5.92 Å². The van der Waals surface area contributed by atoms with Crippen LogP contribution >= 0.6 is 0 Å². The smallest absolute Gasteiger partial charge is 0.251 e. The van der Waals surface area contributed by atoms with Gasteiger partial charge in [0.1, 0.15) is 0 Å². The molecule has 3 aliphatic rings. The SMILES string of the molecule is N=C(c1ccc(N2CCN(C3COC3)CC2)cc1)c1cc(C(=O)N[C@H](c2ccccn2)C2CCCC2)ccc1N.[HH].[HH]. The van der Waals surface area contributed by atoms with E-state index in [2.05, 4.69) is 32.2 Å². The molecule has 8 nitrogen and oxygen atoms in total. The topological polar surface area (TPSA) is 108 Å². The Hall–Kier alpha value is -3.75. The third kappa shape index (κ3) is 5.60. The van der Waals surface area contributed by atoms with E-state index < -0.39 is 0 Å². The normalized spacial score (nSPS) is 19.2. The highest BCUT2D eigenvalue weighted by atomic mass is 16.5. The van der Waals surface area contributed by atoms with Gasteiger partial charge in [-0.25, -0.2) is 0 Å². The lowest BCUT2D eigenvalue weighted by Crippen LogP contribution is -2.56. The molecule has 1 saturated carbocycles. The van der Waals surface area contributed by atoms with E-state index in [-0.39, 0.29) is 14.8 Å². The average Bonchev–Trinajstić information content (AvgIpc) is 3.51. The zero-order valence-corrected chi connectivity index (χ0v) is 22.9. The highest BCUT2D eigenvalue weighted by molar-refractivity contribution is 6.15. The van der Waals surface area contributed by atoms with Gasteiger partial charge in [0, 0.05) is 63.3 Å². The summed E-state index contributed by atoms with van der Waals surface area (Å²) in [6, 6.07) is 19.6. The molecule has 1 aliphatic carbocycles. The van der Waals surface area contributed by atoms with E-state index in [0.29, 0.717) is 34.5 Å². The van der Waals surface area contributed by atoms with Crippen molar-refractivity contribution in [3.05, 3.63) is 89.2 Å². The summed E-state index contributed by atoms with van der Waals surface area (Å²) in [5, 5.41) is 12.2. The number of nitrogens with two attached hydrogens (primary N) is 1. The standard InChI is InChI=1S/C32H38N6O2.2H2/c33-28-13-10-24(32(39)36-31(23-5-1-2-6-23)29-7-3-4-14-35-29)19-27(28)30(34)22-8-11-25(12-9-22)37-15-17-38(18-16-37)26-20-40-21-26;;/h3-4,7-14,19,23,26,31,34H,1-2,5-6,15-18,20-21,33H2,(H,36,39);2*1H/t31-;;/m0../s1. The molecule has 1 amide bonds. The van der Waals surface area contributed by atoms with E-state index in [1.54, 1.807) is 24.4 Å². The molecule has 0 radical (unpaired) electrons. The second-order valence-electron chi connectivity index (χ2n) is 11.2. The van der Waals surface area contributed by atoms with Crippen molar-refractivity contribution in [3.8, 4) is 0 Å². The zero-order chi connectivity index (χ0) is 27.5. The fourth-order valence-electron chi connectivity index (χ4n) is 6.20. The van der Waals surface area contributed by atoms with Gasteiger partial charge in [-0.05, 0) is 61.2 Å². The molecular formula is C32H42N6O2. The van der Waals surface area contributed by atoms with Crippen molar-refractivity contribution in [1.29, 1.82) is 5.41 Å². The van der Waals surface area contributed by atoms with Gasteiger partial charge in [-0.15, -0.1) is 0 Å². The van der Waals surface area contributed by atoms with Gasteiger partial charge in [-0.2, -0.15) is 0 Å². The lowest BCUT2D eigenvalue weighted by atomic mass is 9.94. The molecule has 0 unspecified atom stereocenters. The van der Waals surface area contributed by atoms with Crippen molar-refractivity contribution in [2.75, 3.05) is 50.0 Å². The van der Waals surface area contributed by atoms with Gasteiger partial charge < -0.3 is 20.7 Å². The van der Waals surface area contributed by atoms with Gasteiger partial charge in [-0.3, -0.25) is 20.1 Å². The highest BCUT2D eigenvalue weighted by Crippen LogP contribution is 2.35. The lowest BCUT2D eigenvalue weighted by molar-refractivity contribution is -0.0660. The fraction of sp³-hybridized carbons (Fsp3) is 0.406. The van der Waals surface area contributed by atoms with Crippen LogP contribution in [0.3, 0.4) is 0 Å². The minimum Gasteiger partial charge on any atom is -0.398 e. The number of anilines is 2. The molecular weight excluding hydrogens is 500 g/mol. The van der Waals surface area contributed by atoms with E-state index in [0.717, 1.165) is 69.2 Å². The molecule has 0 bridgehead atoms. The number of amides is 1. The Kier molecular flexibility index (Phi) is 7.80. The van der Waals surface area contributed by atoms with Gasteiger partial charge >= 0.3 is 0 Å². The van der Waals surface area contributed by atoms with Crippen LogP contribution in [0.1, 0.15) is 61.8 Å². The Bertz CT molecular complexity index is 1340. The van der Waals surface area contributed by atoms with E-state index in [1.165, 1.54) is 12.8 Å². The molecule has 6 rings (SSSR count). The maximum absolute atomic E-state index is 13.4. The second kappa shape index (κ2) is 11.8. The maximum Gasteiger partial charge on any atom is 0.251 e. The molecule has 0 spiro atoms. The average molecular weight is 543 g/mol. The van der Waals surface area contributed by atoms with Gasteiger partial charge in [0.05, 0.1) is 36.7 Å². The summed E-state index contributed by atoms with van der Waals surface area (Å²) in [6.07, 6.45) is 6.30. The van der Waals surface area contributed by atoms with Crippen LogP contribution in [0.2, 0.25) is 0 Å². The first-order chi connectivity index (χ1) is 19.6. The molecule has 1 atom stereocenters. The summed E-state index contributed by atoms with van der Waals surface area (Å²) in [6.45, 7) is 5.76. The Morgan fingerprint density at radius 2 is 1.73 bits per heavy atom. The van der Waals surface area contributed by atoms with Gasteiger partial charge in [0.2, 0.25) is 0 Å². The summed E-state index contributed by atoms with van der Waals surface area (Å²) in [5.74, 6) is 0.207. The molecule has 2 saturated heterocycles. The quantitative estimate of drug-likeness (QED) is 0.280. The molecule has 2 aromatic carbocycles. The first-order valence-electron chi connectivity index (χ1n) is 14.4. The summed E-state index contributed by atoms with van der Waals surface area (Å²) in [7, 11) is 0. The highest BCUT2D eigenvalue weighted by Gasteiger charge is 2.30. The first-order valence-corrected chi connectivity index (χ1v) is 14.4. The Balaban J connectivity index is 0.00000202. The van der Waals surface area contributed by atoms with Gasteiger partial charge in [0.25, 0.3) is 5.91 Å². The van der Waals surface area contributed by atoms with Crippen LogP contribution in [0, 0.1) is 11.3 Å². The Labute approximate surface area is 239 Å². The zero-order valence-electron chi connectivity index (χ0n) is 22.9. The largest absolute Gasteiger partial charge is 0.398 e. The predicted octanol–water partition coefficient (Wildman–Crippen LogP) is 4.75. The number of nitrogen functional groups attached to an aromatic ring is 1. The van der Waals surface area contributed by atoms with Crippen molar-refractivity contribution in [3.63, 3.8) is 0 Å². The molecule has 3 fully saturated rings. The fourth-order valence-corrected chi connectivity index (χ4v) is 6.20. The molecule has 4 N–H and O–H groups in total. The van der Waals surface area contributed by atoms with Crippen molar-refractivity contribution < 1.29 is 12.4 Å². The Morgan fingerprint density at radius 1 is 1.00 bits per heavy atom. The van der Waals surface area contributed by atoms with Gasteiger partial charge in [-0.1, -0.05) is 31.0 Å². The molecule has 1 aromatic heterocycles. The number of carbonyl (C=O) groups is 1. The third-order valence-electron chi connectivity index (χ3n) is 8.72. The number of benzene rings is 2. The number of nitrogens with zero attached hydrogens (tertiary/aromatic N) is 3. The van der Waals surface area contributed by atoms with Crippen molar-refractivity contribution >= 4 is 23.0 Å². The van der Waals surface area contributed by atoms with Crippen LogP contribution in [0.5, 0.6) is 0 Å². The molecule has 212 valence electrons. The molecule has 3 aromatic rings. The lowest BCUT2D eigenvalue weighted by Gasteiger charge is -2.43. The Morgan fingerprint density at radius 3 is 2.38 bits per heavy atom. The monoisotopic (exact) mass is 542 g/mol. The maximum atomic E-state index is 13.4. The van der Waals surface area contributed by atoms with E-state index in [4.69, 9.17) is 15.9 Å². The van der Waals surface area contributed by atoms with Crippen LogP contribution in [0.25, 0.3) is 0 Å². The number of rotatable bonds is 8. The van der Waals surface area contributed by atoms with Crippen LogP contribution in [0.15, 0.2) is 66.9 Å². The molecule has 8 heteroatoms. The molecule has 3 heterocycles.